The molecule has 4 rings (SSSR count). The van der Waals surface area contributed by atoms with E-state index in [2.05, 4.69) is 9.97 Å². The van der Waals surface area contributed by atoms with Crippen LogP contribution in [0, 0.1) is 0 Å². The van der Waals surface area contributed by atoms with Gasteiger partial charge in [0, 0.05) is 18.3 Å². The molecule has 1 aliphatic rings. The number of rotatable bonds is 2. The zero-order valence-corrected chi connectivity index (χ0v) is 13.0. The van der Waals surface area contributed by atoms with Gasteiger partial charge in [-0.1, -0.05) is 30.3 Å². The summed E-state index contributed by atoms with van der Waals surface area (Å²) in [7, 11) is -3.59. The SMILES string of the molecule is Nc1ncc2c(n1)CN(S(=O)(=O)c1ccc3ccccc3c1)C2. The van der Waals surface area contributed by atoms with E-state index in [0.717, 1.165) is 16.3 Å². The molecule has 7 heteroatoms. The van der Waals surface area contributed by atoms with E-state index in [1.807, 2.05) is 30.3 Å². The van der Waals surface area contributed by atoms with Crippen LogP contribution in [0.3, 0.4) is 0 Å². The van der Waals surface area contributed by atoms with Crippen molar-refractivity contribution >= 4 is 26.7 Å². The van der Waals surface area contributed by atoms with E-state index in [9.17, 15) is 8.42 Å². The number of fused-ring (bicyclic) bond motifs is 2. The molecule has 0 unspecified atom stereocenters. The van der Waals surface area contributed by atoms with Gasteiger partial charge in [-0.25, -0.2) is 18.4 Å². The van der Waals surface area contributed by atoms with Crippen molar-refractivity contribution in [2.24, 2.45) is 0 Å². The topological polar surface area (TPSA) is 89.2 Å². The highest BCUT2D eigenvalue weighted by molar-refractivity contribution is 7.89. The summed E-state index contributed by atoms with van der Waals surface area (Å²) >= 11 is 0. The highest BCUT2D eigenvalue weighted by atomic mass is 32.2. The van der Waals surface area contributed by atoms with E-state index < -0.39 is 10.0 Å². The summed E-state index contributed by atoms with van der Waals surface area (Å²) in [6.45, 7) is 0.488. The van der Waals surface area contributed by atoms with Gasteiger partial charge in [0.05, 0.1) is 17.1 Å². The van der Waals surface area contributed by atoms with Gasteiger partial charge < -0.3 is 5.73 Å². The maximum Gasteiger partial charge on any atom is 0.243 e. The van der Waals surface area contributed by atoms with E-state index in [1.165, 1.54) is 4.31 Å². The summed E-state index contributed by atoms with van der Waals surface area (Å²) in [4.78, 5) is 8.33. The minimum atomic E-state index is -3.59. The summed E-state index contributed by atoms with van der Waals surface area (Å²) in [5.41, 5.74) is 7.03. The van der Waals surface area contributed by atoms with Crippen LogP contribution in [0.4, 0.5) is 5.95 Å². The maximum atomic E-state index is 12.9. The second kappa shape index (κ2) is 5.00. The van der Waals surface area contributed by atoms with Crippen molar-refractivity contribution in [2.45, 2.75) is 18.0 Å². The number of benzene rings is 2. The molecule has 0 spiro atoms. The van der Waals surface area contributed by atoms with E-state index in [0.29, 0.717) is 5.69 Å². The number of hydrogen-bond acceptors (Lipinski definition) is 5. The van der Waals surface area contributed by atoms with Crippen LogP contribution in [-0.2, 0) is 23.1 Å². The normalized spacial score (nSPS) is 15.0. The molecule has 0 fully saturated rings. The Morgan fingerprint density at radius 1 is 1.04 bits per heavy atom. The Kier molecular flexibility index (Phi) is 3.07. The molecule has 3 aromatic rings. The zero-order chi connectivity index (χ0) is 16.0. The molecule has 116 valence electrons. The third-order valence-corrected chi connectivity index (χ3v) is 5.79. The molecule has 0 bridgehead atoms. The molecule has 1 aromatic heterocycles. The second-order valence-corrected chi connectivity index (χ2v) is 7.42. The number of nitrogens with two attached hydrogens (primary N) is 1. The highest BCUT2D eigenvalue weighted by Gasteiger charge is 2.31. The minimum Gasteiger partial charge on any atom is -0.368 e. The van der Waals surface area contributed by atoms with E-state index in [-0.39, 0.29) is 23.9 Å². The first-order chi connectivity index (χ1) is 11.0. The molecular weight excluding hydrogens is 312 g/mol. The highest BCUT2D eigenvalue weighted by Crippen LogP contribution is 2.29. The zero-order valence-electron chi connectivity index (χ0n) is 12.2. The van der Waals surface area contributed by atoms with Crippen LogP contribution in [0.15, 0.2) is 53.6 Å². The summed E-state index contributed by atoms with van der Waals surface area (Å²) in [5.74, 6) is 0.161. The Hall–Kier alpha value is -2.51. The lowest BCUT2D eigenvalue weighted by molar-refractivity contribution is 0.430. The molecule has 0 amide bonds. The van der Waals surface area contributed by atoms with Gasteiger partial charge in [-0.15, -0.1) is 0 Å². The van der Waals surface area contributed by atoms with E-state index >= 15 is 0 Å². The Morgan fingerprint density at radius 2 is 1.83 bits per heavy atom. The van der Waals surface area contributed by atoms with Gasteiger partial charge in [-0.2, -0.15) is 4.31 Å². The third-order valence-electron chi connectivity index (χ3n) is 4.00. The number of aromatic nitrogens is 2. The van der Waals surface area contributed by atoms with Crippen molar-refractivity contribution in [3.63, 3.8) is 0 Å². The summed E-state index contributed by atoms with van der Waals surface area (Å²) < 4.78 is 27.2. The number of nitrogen functional groups attached to an aromatic ring is 1. The van der Waals surface area contributed by atoms with Gasteiger partial charge in [0.1, 0.15) is 0 Å². The van der Waals surface area contributed by atoms with Crippen molar-refractivity contribution in [1.29, 1.82) is 0 Å². The lowest BCUT2D eigenvalue weighted by atomic mass is 10.1. The Bertz CT molecular complexity index is 1020. The molecule has 0 aliphatic carbocycles. The predicted octanol–water partition coefficient (Wildman–Crippen LogP) is 1.92. The fourth-order valence-corrected chi connectivity index (χ4v) is 4.20. The van der Waals surface area contributed by atoms with Crippen molar-refractivity contribution in [3.05, 3.63) is 59.9 Å². The van der Waals surface area contributed by atoms with Crippen molar-refractivity contribution in [1.82, 2.24) is 14.3 Å². The van der Waals surface area contributed by atoms with Crippen molar-refractivity contribution in [2.75, 3.05) is 5.73 Å². The molecule has 0 saturated heterocycles. The van der Waals surface area contributed by atoms with Crippen LogP contribution < -0.4 is 5.73 Å². The van der Waals surface area contributed by atoms with E-state index in [4.69, 9.17) is 5.73 Å². The van der Waals surface area contributed by atoms with Gasteiger partial charge in [0.25, 0.3) is 0 Å². The fourth-order valence-electron chi connectivity index (χ4n) is 2.79. The molecule has 6 nitrogen and oxygen atoms in total. The lowest BCUT2D eigenvalue weighted by Gasteiger charge is -2.15. The molecule has 2 heterocycles. The molecule has 0 saturated carbocycles. The summed E-state index contributed by atoms with van der Waals surface area (Å²) in [5, 5.41) is 1.91. The average molecular weight is 326 g/mol. The fraction of sp³-hybridized carbons (Fsp3) is 0.125. The van der Waals surface area contributed by atoms with Crippen LogP contribution in [0.5, 0.6) is 0 Å². The first kappa shape index (κ1) is 14.1. The summed E-state index contributed by atoms with van der Waals surface area (Å²) in [6.07, 6.45) is 1.59. The summed E-state index contributed by atoms with van der Waals surface area (Å²) in [6, 6.07) is 12.8. The minimum absolute atomic E-state index is 0.161. The van der Waals surface area contributed by atoms with Gasteiger partial charge >= 0.3 is 0 Å². The largest absolute Gasteiger partial charge is 0.368 e. The second-order valence-electron chi connectivity index (χ2n) is 5.48. The lowest BCUT2D eigenvalue weighted by Crippen LogP contribution is -2.25. The van der Waals surface area contributed by atoms with Crippen LogP contribution in [0.2, 0.25) is 0 Å². The Morgan fingerprint density at radius 3 is 2.65 bits per heavy atom. The van der Waals surface area contributed by atoms with Crippen LogP contribution in [-0.4, -0.2) is 22.7 Å². The third kappa shape index (κ3) is 2.34. The molecule has 1 aliphatic heterocycles. The molecular formula is C16H14N4O2S. The Labute approximate surface area is 133 Å². The molecule has 2 N–H and O–H groups in total. The van der Waals surface area contributed by atoms with Crippen LogP contribution in [0.25, 0.3) is 10.8 Å². The van der Waals surface area contributed by atoms with Crippen molar-refractivity contribution < 1.29 is 8.42 Å². The molecule has 23 heavy (non-hydrogen) atoms. The van der Waals surface area contributed by atoms with Gasteiger partial charge in [-0.05, 0) is 22.9 Å². The van der Waals surface area contributed by atoms with Gasteiger partial charge in [0.2, 0.25) is 16.0 Å². The number of hydrogen-bond donors (Lipinski definition) is 1. The monoisotopic (exact) mass is 326 g/mol. The van der Waals surface area contributed by atoms with E-state index in [1.54, 1.807) is 18.3 Å². The number of sulfonamides is 1. The molecule has 2 aromatic carbocycles. The Balaban J connectivity index is 1.73. The van der Waals surface area contributed by atoms with Crippen molar-refractivity contribution in [3.8, 4) is 0 Å². The quantitative estimate of drug-likeness (QED) is 0.777. The van der Waals surface area contributed by atoms with Crippen LogP contribution in [0.1, 0.15) is 11.3 Å². The maximum absolute atomic E-state index is 12.9. The number of nitrogens with zero attached hydrogens (tertiary/aromatic N) is 3. The first-order valence-corrected chi connectivity index (χ1v) is 8.57. The molecule has 0 atom stereocenters. The molecule has 0 radical (unpaired) electrons. The number of anilines is 1. The predicted molar refractivity (Wildman–Crippen MR) is 86.8 cm³/mol. The van der Waals surface area contributed by atoms with Gasteiger partial charge in [0.15, 0.2) is 0 Å². The van der Waals surface area contributed by atoms with Crippen LogP contribution >= 0.6 is 0 Å². The average Bonchev–Trinajstić information content (AvgIpc) is 2.98. The smallest absolute Gasteiger partial charge is 0.243 e. The van der Waals surface area contributed by atoms with Gasteiger partial charge in [-0.3, -0.25) is 0 Å². The first-order valence-electron chi connectivity index (χ1n) is 7.13. The standard InChI is InChI=1S/C16H14N4O2S/c17-16-18-8-13-9-20(10-15(13)19-16)23(21,22)14-6-5-11-3-1-2-4-12(11)7-14/h1-8H,9-10H2,(H2,17,18,19).